The molecule has 0 radical (unpaired) electrons. The molecule has 0 saturated heterocycles. The quantitative estimate of drug-likeness (QED) is 0.630. The van der Waals surface area contributed by atoms with E-state index in [0.29, 0.717) is 24.5 Å². The summed E-state index contributed by atoms with van der Waals surface area (Å²) in [5.74, 6) is -0.332. The van der Waals surface area contributed by atoms with Crippen LogP contribution in [0.2, 0.25) is 0 Å². The van der Waals surface area contributed by atoms with Crippen molar-refractivity contribution < 1.29 is 18.7 Å². The Morgan fingerprint density at radius 2 is 1.94 bits per heavy atom. The van der Waals surface area contributed by atoms with Crippen LogP contribution in [0.3, 0.4) is 0 Å². The lowest BCUT2D eigenvalue weighted by Gasteiger charge is -2.31. The molecule has 0 saturated carbocycles. The Morgan fingerprint density at radius 1 is 1.19 bits per heavy atom. The number of amides is 2. The summed E-state index contributed by atoms with van der Waals surface area (Å²) in [5.41, 5.74) is 2.44. The first kappa shape index (κ1) is 20.5. The molecule has 0 bridgehead atoms. The second kappa shape index (κ2) is 8.95. The zero-order chi connectivity index (χ0) is 21.8. The number of aromatic nitrogens is 3. The van der Waals surface area contributed by atoms with Gasteiger partial charge in [0.15, 0.2) is 6.61 Å². The first-order valence-electron chi connectivity index (χ1n) is 9.92. The van der Waals surface area contributed by atoms with Crippen molar-refractivity contribution in [1.82, 2.24) is 25.2 Å². The number of fused-ring (bicyclic) bond motifs is 1. The van der Waals surface area contributed by atoms with Gasteiger partial charge in [-0.15, -0.1) is 5.10 Å². The molecule has 1 aliphatic heterocycles. The zero-order valence-corrected chi connectivity index (χ0v) is 17.0. The molecule has 0 fully saturated rings. The van der Waals surface area contributed by atoms with Crippen molar-refractivity contribution in [2.24, 2.45) is 0 Å². The summed E-state index contributed by atoms with van der Waals surface area (Å²) in [7, 11) is 0. The molecule has 9 heteroatoms. The predicted molar refractivity (Wildman–Crippen MR) is 109 cm³/mol. The minimum absolute atomic E-state index is 0.0236. The Bertz CT molecular complexity index is 1070. The van der Waals surface area contributed by atoms with Gasteiger partial charge in [0.25, 0.3) is 5.91 Å². The van der Waals surface area contributed by atoms with Gasteiger partial charge < -0.3 is 15.0 Å². The van der Waals surface area contributed by atoms with E-state index >= 15 is 0 Å². The molecule has 2 amide bonds. The average Bonchev–Trinajstić information content (AvgIpc) is 3.19. The van der Waals surface area contributed by atoms with Gasteiger partial charge in [-0.25, -0.2) is 9.07 Å². The van der Waals surface area contributed by atoms with Crippen molar-refractivity contribution in [3.05, 3.63) is 77.4 Å². The normalized spacial score (nSPS) is 15.5. The minimum atomic E-state index is -0.466. The van der Waals surface area contributed by atoms with Crippen LogP contribution in [0.25, 0.3) is 0 Å². The molecular weight excluding hydrogens is 401 g/mol. The maximum atomic E-state index is 12.9. The van der Waals surface area contributed by atoms with Crippen LogP contribution in [-0.4, -0.2) is 38.3 Å². The highest BCUT2D eigenvalue weighted by Crippen LogP contribution is 2.24. The maximum Gasteiger partial charge on any atom is 0.258 e. The fourth-order valence-corrected chi connectivity index (χ4v) is 3.44. The number of nitrogens with one attached hydrogen (secondary N) is 1. The van der Waals surface area contributed by atoms with Gasteiger partial charge in [-0.05, 0) is 36.8 Å². The molecule has 3 aromatic rings. The number of benzene rings is 2. The molecule has 1 atom stereocenters. The molecule has 2 aromatic carbocycles. The summed E-state index contributed by atoms with van der Waals surface area (Å²) in [6.07, 6.45) is 0. The fourth-order valence-electron chi connectivity index (χ4n) is 3.44. The van der Waals surface area contributed by atoms with Gasteiger partial charge in [0.1, 0.15) is 23.3 Å². The molecule has 2 heterocycles. The third kappa shape index (κ3) is 4.71. The van der Waals surface area contributed by atoms with Crippen molar-refractivity contribution in [1.29, 1.82) is 0 Å². The lowest BCUT2D eigenvalue weighted by molar-refractivity contribution is -0.138. The Labute approximate surface area is 178 Å². The van der Waals surface area contributed by atoms with Crippen LogP contribution in [0.5, 0.6) is 5.75 Å². The predicted octanol–water partition coefficient (Wildman–Crippen LogP) is 2.22. The topological polar surface area (TPSA) is 89.3 Å². The van der Waals surface area contributed by atoms with E-state index in [0.717, 1.165) is 11.3 Å². The summed E-state index contributed by atoms with van der Waals surface area (Å²) in [6.45, 7) is 2.61. The molecular formula is C22H22FN5O3. The Hall–Kier alpha value is -3.75. The van der Waals surface area contributed by atoms with Gasteiger partial charge in [0.2, 0.25) is 5.91 Å². The van der Waals surface area contributed by atoms with Crippen LogP contribution < -0.4 is 10.1 Å². The van der Waals surface area contributed by atoms with E-state index in [-0.39, 0.29) is 30.8 Å². The number of carbonyl (C=O) groups excluding carboxylic acids is 2. The molecule has 1 aromatic heterocycles. The van der Waals surface area contributed by atoms with Crippen LogP contribution >= 0.6 is 0 Å². The summed E-state index contributed by atoms with van der Waals surface area (Å²) >= 11 is 0. The van der Waals surface area contributed by atoms with Crippen molar-refractivity contribution >= 4 is 11.8 Å². The number of ether oxygens (including phenoxy) is 1. The van der Waals surface area contributed by atoms with E-state index in [1.807, 2.05) is 30.3 Å². The lowest BCUT2D eigenvalue weighted by atomic mass is 10.1. The van der Waals surface area contributed by atoms with Crippen molar-refractivity contribution in [2.75, 3.05) is 6.61 Å². The van der Waals surface area contributed by atoms with E-state index in [2.05, 4.69) is 15.6 Å². The zero-order valence-electron chi connectivity index (χ0n) is 17.0. The molecule has 1 N–H and O–H groups in total. The fraction of sp³-hybridized carbons (Fsp3) is 0.273. The van der Waals surface area contributed by atoms with Gasteiger partial charge in [0.05, 0.1) is 18.8 Å². The van der Waals surface area contributed by atoms with E-state index in [1.165, 1.54) is 24.3 Å². The van der Waals surface area contributed by atoms with Crippen molar-refractivity contribution in [3.63, 3.8) is 0 Å². The molecule has 0 spiro atoms. The van der Waals surface area contributed by atoms with Crippen LogP contribution in [0.15, 0.2) is 54.6 Å². The van der Waals surface area contributed by atoms with Gasteiger partial charge in [-0.2, -0.15) is 0 Å². The number of hydrogen-bond acceptors (Lipinski definition) is 5. The number of hydrogen-bond donors (Lipinski definition) is 1. The van der Waals surface area contributed by atoms with E-state index in [9.17, 15) is 14.0 Å². The van der Waals surface area contributed by atoms with Crippen LogP contribution in [0.4, 0.5) is 4.39 Å². The summed E-state index contributed by atoms with van der Waals surface area (Å²) in [4.78, 5) is 26.6. The largest absolute Gasteiger partial charge is 0.484 e. The first-order chi connectivity index (χ1) is 15.0. The number of halogens is 1. The third-order valence-corrected chi connectivity index (χ3v) is 5.10. The molecule has 0 aliphatic carbocycles. The molecule has 160 valence electrons. The SMILES string of the molecule is CC1C(=O)N(Cc2ccccc2)Cc2c(CNC(=O)COc3ccc(F)cc3)nnn21. The van der Waals surface area contributed by atoms with E-state index in [1.54, 1.807) is 16.5 Å². The first-order valence-corrected chi connectivity index (χ1v) is 9.92. The van der Waals surface area contributed by atoms with Crippen LogP contribution in [0.1, 0.15) is 29.9 Å². The minimum Gasteiger partial charge on any atom is -0.484 e. The van der Waals surface area contributed by atoms with Crippen molar-refractivity contribution in [3.8, 4) is 5.75 Å². The number of carbonyl (C=O) groups is 2. The highest BCUT2D eigenvalue weighted by atomic mass is 19.1. The van der Waals surface area contributed by atoms with Gasteiger partial charge in [-0.1, -0.05) is 35.5 Å². The standard InChI is InChI=1S/C22H22FN5O3/c1-15-22(30)27(12-16-5-3-2-4-6-16)13-20-19(25-26-28(15)20)11-24-21(29)14-31-18-9-7-17(23)8-10-18/h2-10,15H,11-14H2,1H3,(H,24,29). The highest BCUT2D eigenvalue weighted by Gasteiger charge is 2.33. The average molecular weight is 423 g/mol. The smallest absolute Gasteiger partial charge is 0.258 e. The second-order valence-corrected chi connectivity index (χ2v) is 7.30. The lowest BCUT2D eigenvalue weighted by Crippen LogP contribution is -2.42. The van der Waals surface area contributed by atoms with Gasteiger partial charge >= 0.3 is 0 Å². The highest BCUT2D eigenvalue weighted by molar-refractivity contribution is 5.81. The summed E-state index contributed by atoms with van der Waals surface area (Å²) in [6, 6.07) is 14.7. The van der Waals surface area contributed by atoms with Gasteiger partial charge in [0, 0.05) is 6.54 Å². The third-order valence-electron chi connectivity index (χ3n) is 5.10. The van der Waals surface area contributed by atoms with E-state index in [4.69, 9.17) is 4.74 Å². The molecule has 1 unspecified atom stereocenters. The summed E-state index contributed by atoms with van der Waals surface area (Å²) < 4.78 is 19.9. The molecule has 4 rings (SSSR count). The number of rotatable bonds is 7. The Balaban J connectivity index is 1.37. The summed E-state index contributed by atoms with van der Waals surface area (Å²) in [5, 5.41) is 11.0. The Morgan fingerprint density at radius 3 is 2.68 bits per heavy atom. The maximum absolute atomic E-state index is 12.9. The van der Waals surface area contributed by atoms with Crippen molar-refractivity contribution in [2.45, 2.75) is 32.6 Å². The number of nitrogens with zero attached hydrogens (tertiary/aromatic N) is 4. The van der Waals surface area contributed by atoms with E-state index < -0.39 is 6.04 Å². The molecule has 1 aliphatic rings. The molecule has 31 heavy (non-hydrogen) atoms. The van der Waals surface area contributed by atoms with Crippen LogP contribution in [-0.2, 0) is 29.2 Å². The molecule has 8 nitrogen and oxygen atoms in total. The second-order valence-electron chi connectivity index (χ2n) is 7.30. The van der Waals surface area contributed by atoms with Crippen LogP contribution in [0, 0.1) is 5.82 Å². The van der Waals surface area contributed by atoms with Gasteiger partial charge in [-0.3, -0.25) is 9.59 Å². The monoisotopic (exact) mass is 423 g/mol. The Kier molecular flexibility index (Phi) is 5.92.